The second-order valence-corrected chi connectivity index (χ2v) is 7.20. The van der Waals surface area contributed by atoms with E-state index in [2.05, 4.69) is 13.8 Å². The van der Waals surface area contributed by atoms with Crippen molar-refractivity contribution in [1.29, 1.82) is 0 Å². The third-order valence-electron chi connectivity index (χ3n) is 4.27. The molecule has 2 rings (SSSR count). The molecule has 1 N–H and O–H groups in total. The van der Waals surface area contributed by atoms with E-state index in [0.717, 1.165) is 18.7 Å². The molecule has 1 fully saturated rings. The summed E-state index contributed by atoms with van der Waals surface area (Å²) < 4.78 is 26.4. The van der Waals surface area contributed by atoms with Crippen LogP contribution in [0.3, 0.4) is 0 Å². The Morgan fingerprint density at radius 1 is 1.33 bits per heavy atom. The van der Waals surface area contributed by atoms with Crippen molar-refractivity contribution in [3.63, 3.8) is 0 Å². The SMILES string of the molecule is CC(C)CN(C)CC1(O)CCCN(Cc2ccc(F)c(F)c2)C1=O. The Balaban J connectivity index is 2.06. The van der Waals surface area contributed by atoms with Gasteiger partial charge in [0.05, 0.1) is 0 Å². The smallest absolute Gasteiger partial charge is 0.256 e. The molecule has 6 heteroatoms. The van der Waals surface area contributed by atoms with Gasteiger partial charge in [-0.25, -0.2) is 8.78 Å². The number of hydrogen-bond acceptors (Lipinski definition) is 3. The average Bonchev–Trinajstić information content (AvgIpc) is 2.47. The molecule has 134 valence electrons. The first-order chi connectivity index (χ1) is 11.2. The first-order valence-corrected chi connectivity index (χ1v) is 8.35. The Morgan fingerprint density at radius 2 is 2.04 bits per heavy atom. The summed E-state index contributed by atoms with van der Waals surface area (Å²) in [6.07, 6.45) is 1.10. The van der Waals surface area contributed by atoms with Crippen LogP contribution in [0, 0.1) is 17.6 Å². The Hall–Kier alpha value is -1.53. The van der Waals surface area contributed by atoms with E-state index in [9.17, 15) is 18.7 Å². The van der Waals surface area contributed by atoms with Crippen molar-refractivity contribution in [1.82, 2.24) is 9.80 Å². The number of likely N-dealkylation sites (N-methyl/N-ethyl adjacent to an activating group) is 1. The van der Waals surface area contributed by atoms with Crippen LogP contribution in [0.1, 0.15) is 32.3 Å². The van der Waals surface area contributed by atoms with E-state index in [1.165, 1.54) is 11.0 Å². The van der Waals surface area contributed by atoms with Gasteiger partial charge in [-0.05, 0) is 43.5 Å². The molecule has 4 nitrogen and oxygen atoms in total. The van der Waals surface area contributed by atoms with Crippen molar-refractivity contribution in [2.24, 2.45) is 5.92 Å². The van der Waals surface area contributed by atoms with Crippen molar-refractivity contribution in [2.45, 2.75) is 38.8 Å². The number of carbonyl (C=O) groups excluding carboxylic acids is 1. The Morgan fingerprint density at radius 3 is 2.67 bits per heavy atom. The molecule has 1 saturated heterocycles. The van der Waals surface area contributed by atoms with Crippen molar-refractivity contribution in [2.75, 3.05) is 26.7 Å². The van der Waals surface area contributed by atoms with Crippen LogP contribution in [0.5, 0.6) is 0 Å². The maximum atomic E-state index is 13.3. The van der Waals surface area contributed by atoms with Gasteiger partial charge in [-0.2, -0.15) is 0 Å². The van der Waals surface area contributed by atoms with Gasteiger partial charge < -0.3 is 14.9 Å². The Labute approximate surface area is 142 Å². The number of nitrogens with zero attached hydrogens (tertiary/aromatic N) is 2. The summed E-state index contributed by atoms with van der Waals surface area (Å²) in [4.78, 5) is 16.2. The molecule has 1 heterocycles. The minimum absolute atomic E-state index is 0.173. The number of halogens is 2. The highest BCUT2D eigenvalue weighted by Crippen LogP contribution is 2.25. The standard InChI is InChI=1S/C18H26F2N2O2/c1-13(2)10-21(3)12-18(24)7-4-8-22(17(18)23)11-14-5-6-15(19)16(20)9-14/h5-6,9,13,24H,4,7-8,10-12H2,1-3H3. The van der Waals surface area contributed by atoms with Gasteiger partial charge in [0, 0.05) is 26.2 Å². The zero-order valence-electron chi connectivity index (χ0n) is 14.6. The lowest BCUT2D eigenvalue weighted by molar-refractivity contribution is -0.160. The fourth-order valence-corrected chi connectivity index (χ4v) is 3.36. The molecule has 0 saturated carbocycles. The molecular weight excluding hydrogens is 314 g/mol. The van der Waals surface area contributed by atoms with E-state index in [-0.39, 0.29) is 19.0 Å². The molecule has 0 bridgehead atoms. The highest BCUT2D eigenvalue weighted by molar-refractivity contribution is 5.86. The molecule has 24 heavy (non-hydrogen) atoms. The van der Waals surface area contributed by atoms with E-state index in [0.29, 0.717) is 30.9 Å². The molecule has 1 aromatic rings. The third-order valence-corrected chi connectivity index (χ3v) is 4.27. The molecule has 1 aromatic carbocycles. The molecule has 1 unspecified atom stereocenters. The number of likely N-dealkylation sites (tertiary alicyclic amines) is 1. The lowest BCUT2D eigenvalue weighted by Crippen LogP contribution is -2.58. The zero-order valence-corrected chi connectivity index (χ0v) is 14.6. The summed E-state index contributed by atoms with van der Waals surface area (Å²) in [5.41, 5.74) is -0.900. The number of amides is 1. The number of piperidine rings is 1. The van der Waals surface area contributed by atoms with Crippen LogP contribution in [-0.4, -0.2) is 53.1 Å². The maximum absolute atomic E-state index is 13.3. The van der Waals surface area contributed by atoms with E-state index in [1.54, 1.807) is 0 Å². The van der Waals surface area contributed by atoms with Gasteiger partial charge in [-0.1, -0.05) is 19.9 Å². The van der Waals surface area contributed by atoms with Crippen molar-refractivity contribution < 1.29 is 18.7 Å². The molecular formula is C18H26F2N2O2. The molecule has 0 spiro atoms. The molecule has 1 amide bonds. The lowest BCUT2D eigenvalue weighted by atomic mass is 9.90. The third kappa shape index (κ3) is 4.51. The second kappa shape index (κ2) is 7.57. The first kappa shape index (κ1) is 18.8. The van der Waals surface area contributed by atoms with Gasteiger partial charge in [0.25, 0.3) is 5.91 Å². The quantitative estimate of drug-likeness (QED) is 0.865. The number of hydrogen-bond donors (Lipinski definition) is 1. The van der Waals surface area contributed by atoms with Crippen molar-refractivity contribution >= 4 is 5.91 Å². The van der Waals surface area contributed by atoms with Crippen LogP contribution in [0.2, 0.25) is 0 Å². The predicted octanol–water partition coefficient (Wildman–Crippen LogP) is 2.41. The van der Waals surface area contributed by atoms with Gasteiger partial charge in [0.15, 0.2) is 17.2 Å². The van der Waals surface area contributed by atoms with E-state index >= 15 is 0 Å². The highest BCUT2D eigenvalue weighted by atomic mass is 19.2. The van der Waals surface area contributed by atoms with Crippen LogP contribution in [0.25, 0.3) is 0 Å². The van der Waals surface area contributed by atoms with Crippen LogP contribution < -0.4 is 0 Å². The summed E-state index contributed by atoms with van der Waals surface area (Å²) in [5.74, 6) is -1.73. The fourth-order valence-electron chi connectivity index (χ4n) is 3.36. The zero-order chi connectivity index (χ0) is 17.9. The minimum Gasteiger partial charge on any atom is -0.379 e. The first-order valence-electron chi connectivity index (χ1n) is 8.35. The Bertz CT molecular complexity index is 594. The molecule has 0 aliphatic carbocycles. The predicted molar refractivity (Wildman–Crippen MR) is 88.3 cm³/mol. The lowest BCUT2D eigenvalue weighted by Gasteiger charge is -2.40. The van der Waals surface area contributed by atoms with Gasteiger partial charge in [0.1, 0.15) is 0 Å². The normalized spacial score (nSPS) is 21.8. The number of rotatable bonds is 6. The summed E-state index contributed by atoms with van der Waals surface area (Å²) in [7, 11) is 1.89. The van der Waals surface area contributed by atoms with Gasteiger partial charge in [0.2, 0.25) is 0 Å². The average molecular weight is 340 g/mol. The molecule has 1 aliphatic heterocycles. The van der Waals surface area contributed by atoms with E-state index < -0.39 is 17.2 Å². The monoisotopic (exact) mass is 340 g/mol. The Kier molecular flexibility index (Phi) is 5.93. The number of aliphatic hydroxyl groups is 1. The number of carbonyl (C=O) groups is 1. The highest BCUT2D eigenvalue weighted by Gasteiger charge is 2.42. The summed E-state index contributed by atoms with van der Waals surface area (Å²) in [6, 6.07) is 3.62. The summed E-state index contributed by atoms with van der Waals surface area (Å²) in [6.45, 7) is 5.91. The van der Waals surface area contributed by atoms with E-state index in [1.807, 2.05) is 11.9 Å². The summed E-state index contributed by atoms with van der Waals surface area (Å²) >= 11 is 0. The molecule has 1 atom stereocenters. The minimum atomic E-state index is -1.42. The van der Waals surface area contributed by atoms with Gasteiger partial charge in [-0.3, -0.25) is 4.79 Å². The van der Waals surface area contributed by atoms with E-state index in [4.69, 9.17) is 0 Å². The van der Waals surface area contributed by atoms with Crippen LogP contribution in [0.15, 0.2) is 18.2 Å². The van der Waals surface area contributed by atoms with Crippen LogP contribution in [-0.2, 0) is 11.3 Å². The van der Waals surface area contributed by atoms with Crippen molar-refractivity contribution in [3.05, 3.63) is 35.4 Å². The molecule has 1 aliphatic rings. The topological polar surface area (TPSA) is 43.8 Å². The molecule has 0 aromatic heterocycles. The van der Waals surface area contributed by atoms with Gasteiger partial charge in [-0.15, -0.1) is 0 Å². The largest absolute Gasteiger partial charge is 0.379 e. The molecule has 0 radical (unpaired) electrons. The number of benzene rings is 1. The van der Waals surface area contributed by atoms with Crippen LogP contribution >= 0.6 is 0 Å². The summed E-state index contributed by atoms with van der Waals surface area (Å²) in [5, 5.41) is 10.8. The van der Waals surface area contributed by atoms with Gasteiger partial charge >= 0.3 is 0 Å². The second-order valence-electron chi connectivity index (χ2n) is 7.20. The maximum Gasteiger partial charge on any atom is 0.256 e. The van der Waals surface area contributed by atoms with Crippen LogP contribution in [0.4, 0.5) is 8.78 Å². The van der Waals surface area contributed by atoms with Crippen molar-refractivity contribution in [3.8, 4) is 0 Å². The fraction of sp³-hybridized carbons (Fsp3) is 0.611.